The number of nitro benzene ring substituents is 1. The van der Waals surface area contributed by atoms with Crippen LogP contribution in [-0.2, 0) is 0 Å². The Hall–Kier alpha value is -4.18. The van der Waals surface area contributed by atoms with Crippen LogP contribution in [0.2, 0.25) is 0 Å². The lowest BCUT2D eigenvalue weighted by atomic mass is 10.1. The summed E-state index contributed by atoms with van der Waals surface area (Å²) >= 11 is 1.22. The zero-order valence-electron chi connectivity index (χ0n) is 15.2. The molecule has 0 atom stereocenters. The van der Waals surface area contributed by atoms with Gasteiger partial charge >= 0.3 is 0 Å². The van der Waals surface area contributed by atoms with Crippen molar-refractivity contribution in [3.05, 3.63) is 97.7 Å². The smallest absolute Gasteiger partial charge is 0.266 e. The lowest BCUT2D eigenvalue weighted by Crippen LogP contribution is -2.23. The number of rotatable bonds is 4. The molecule has 0 radical (unpaired) electrons. The van der Waals surface area contributed by atoms with Gasteiger partial charge in [-0.15, -0.1) is 0 Å². The van der Waals surface area contributed by atoms with Crippen molar-refractivity contribution in [2.24, 2.45) is 0 Å². The minimum absolute atomic E-state index is 0.0315. The second-order valence-electron chi connectivity index (χ2n) is 6.39. The molecule has 0 saturated heterocycles. The molecule has 146 valence electrons. The van der Waals surface area contributed by atoms with Gasteiger partial charge in [-0.2, -0.15) is 14.7 Å². The summed E-state index contributed by atoms with van der Waals surface area (Å²) in [7, 11) is 0. The molecular formula is C20H12N6O3S. The molecule has 3 aromatic heterocycles. The van der Waals surface area contributed by atoms with Crippen LogP contribution in [0.25, 0.3) is 28.0 Å². The molecule has 0 saturated carbocycles. The third-order valence-corrected chi connectivity index (χ3v) is 5.47. The second kappa shape index (κ2) is 7.01. The molecule has 0 unspecified atom stereocenters. The molecule has 0 fully saturated rings. The Kier molecular flexibility index (Phi) is 4.18. The highest BCUT2D eigenvalue weighted by Crippen LogP contribution is 2.27. The van der Waals surface area contributed by atoms with Crippen molar-refractivity contribution in [2.75, 3.05) is 0 Å². The van der Waals surface area contributed by atoms with E-state index in [1.54, 1.807) is 29.1 Å². The highest BCUT2D eigenvalue weighted by atomic mass is 32.1. The van der Waals surface area contributed by atoms with Gasteiger partial charge in [0.25, 0.3) is 11.2 Å². The van der Waals surface area contributed by atoms with Gasteiger partial charge in [-0.05, 0) is 18.2 Å². The minimum Gasteiger partial charge on any atom is -0.266 e. The maximum atomic E-state index is 12.6. The molecule has 9 nitrogen and oxygen atoms in total. The van der Waals surface area contributed by atoms with E-state index in [0.717, 1.165) is 5.69 Å². The molecule has 0 aliphatic heterocycles. The summed E-state index contributed by atoms with van der Waals surface area (Å²) < 4.78 is 3.37. The van der Waals surface area contributed by atoms with Crippen molar-refractivity contribution >= 4 is 28.1 Å². The van der Waals surface area contributed by atoms with E-state index in [1.807, 2.05) is 30.3 Å². The van der Waals surface area contributed by atoms with Crippen LogP contribution in [0.5, 0.6) is 0 Å². The number of aromatic nitrogens is 5. The number of thiazole rings is 1. The van der Waals surface area contributed by atoms with Crippen LogP contribution in [0.4, 0.5) is 5.69 Å². The van der Waals surface area contributed by atoms with Crippen molar-refractivity contribution < 1.29 is 4.92 Å². The summed E-state index contributed by atoms with van der Waals surface area (Å²) in [5, 5.41) is 19.8. The van der Waals surface area contributed by atoms with E-state index < -0.39 is 4.92 Å². The highest BCUT2D eigenvalue weighted by molar-refractivity contribution is 7.15. The van der Waals surface area contributed by atoms with E-state index in [1.165, 1.54) is 34.3 Å². The van der Waals surface area contributed by atoms with Crippen molar-refractivity contribution in [1.82, 2.24) is 24.4 Å². The van der Waals surface area contributed by atoms with E-state index in [9.17, 15) is 14.9 Å². The number of hydrogen-bond acceptors (Lipinski definition) is 7. The molecular weight excluding hydrogens is 404 g/mol. The number of fused-ring (bicyclic) bond motifs is 1. The molecule has 0 amide bonds. The Morgan fingerprint density at radius 3 is 2.70 bits per heavy atom. The number of benzene rings is 2. The van der Waals surface area contributed by atoms with Gasteiger partial charge < -0.3 is 0 Å². The van der Waals surface area contributed by atoms with Gasteiger partial charge in [0.15, 0.2) is 0 Å². The number of nitrogens with zero attached hydrogens (tertiary/aromatic N) is 6. The molecule has 2 aromatic carbocycles. The number of non-ortho nitro benzene ring substituents is 1. The Bertz CT molecular complexity index is 1500. The molecule has 0 N–H and O–H groups in total. The number of hydrogen-bond donors (Lipinski definition) is 0. The fourth-order valence-electron chi connectivity index (χ4n) is 3.12. The van der Waals surface area contributed by atoms with Gasteiger partial charge in [-0.1, -0.05) is 41.7 Å². The van der Waals surface area contributed by atoms with Gasteiger partial charge in [0, 0.05) is 29.5 Å². The maximum absolute atomic E-state index is 12.6. The Labute approximate surface area is 172 Å². The summed E-state index contributed by atoms with van der Waals surface area (Å²) in [6.45, 7) is 0. The molecule has 0 aliphatic carbocycles. The number of nitro groups is 1. The van der Waals surface area contributed by atoms with Crippen LogP contribution in [-0.4, -0.2) is 29.3 Å². The summed E-state index contributed by atoms with van der Waals surface area (Å²) in [5.41, 5.74) is 2.29. The van der Waals surface area contributed by atoms with Gasteiger partial charge in [0.2, 0.25) is 4.96 Å². The predicted molar refractivity (Wildman–Crippen MR) is 112 cm³/mol. The SMILES string of the molecule is O=c1c(=Cc2cn(-c3ccccc3)nc2-c2cccc([N+](=O)[O-])c2)sc2ncnn12. The van der Waals surface area contributed by atoms with Crippen LogP contribution in [0.1, 0.15) is 5.56 Å². The molecule has 30 heavy (non-hydrogen) atoms. The fourth-order valence-corrected chi connectivity index (χ4v) is 3.99. The standard InChI is InChI=1S/C20H12N6O3S/c27-19-17(30-20-21-12-22-25(19)20)10-14-11-24(15-6-2-1-3-7-15)23-18(14)13-5-4-8-16(9-13)26(28)29/h1-12H. The summed E-state index contributed by atoms with van der Waals surface area (Å²) in [5.74, 6) is 0. The van der Waals surface area contributed by atoms with Crippen LogP contribution >= 0.6 is 11.3 Å². The average Bonchev–Trinajstić information content (AvgIpc) is 3.47. The first kappa shape index (κ1) is 17.9. The Morgan fingerprint density at radius 1 is 1.10 bits per heavy atom. The van der Waals surface area contributed by atoms with Crippen LogP contribution < -0.4 is 10.1 Å². The minimum atomic E-state index is -0.448. The lowest BCUT2D eigenvalue weighted by molar-refractivity contribution is -0.384. The van der Waals surface area contributed by atoms with Crippen molar-refractivity contribution in [3.8, 4) is 16.9 Å². The van der Waals surface area contributed by atoms with E-state index >= 15 is 0 Å². The Morgan fingerprint density at radius 2 is 1.93 bits per heavy atom. The zero-order valence-corrected chi connectivity index (χ0v) is 16.1. The molecule has 10 heteroatoms. The molecule has 0 bridgehead atoms. The largest absolute Gasteiger partial charge is 0.291 e. The third kappa shape index (κ3) is 3.05. The predicted octanol–water partition coefficient (Wildman–Crippen LogP) is 2.46. The Balaban J connectivity index is 1.74. The summed E-state index contributed by atoms with van der Waals surface area (Å²) in [6, 6.07) is 15.7. The van der Waals surface area contributed by atoms with Crippen LogP contribution in [0, 0.1) is 10.1 Å². The quantitative estimate of drug-likeness (QED) is 0.329. The van der Waals surface area contributed by atoms with Crippen molar-refractivity contribution in [1.29, 1.82) is 0 Å². The molecule has 0 aliphatic rings. The lowest BCUT2D eigenvalue weighted by Gasteiger charge is -2.00. The maximum Gasteiger partial charge on any atom is 0.291 e. The topological polar surface area (TPSA) is 108 Å². The van der Waals surface area contributed by atoms with E-state index in [-0.39, 0.29) is 11.2 Å². The van der Waals surface area contributed by atoms with Crippen molar-refractivity contribution in [3.63, 3.8) is 0 Å². The van der Waals surface area contributed by atoms with Gasteiger partial charge in [0.05, 0.1) is 15.1 Å². The molecule has 0 spiro atoms. The average molecular weight is 416 g/mol. The van der Waals surface area contributed by atoms with Crippen LogP contribution in [0.3, 0.4) is 0 Å². The van der Waals surface area contributed by atoms with E-state index in [4.69, 9.17) is 0 Å². The van der Waals surface area contributed by atoms with Crippen molar-refractivity contribution in [2.45, 2.75) is 0 Å². The van der Waals surface area contributed by atoms with E-state index in [2.05, 4.69) is 15.2 Å². The fraction of sp³-hybridized carbons (Fsp3) is 0. The monoisotopic (exact) mass is 416 g/mol. The first-order valence-corrected chi connectivity index (χ1v) is 9.66. The van der Waals surface area contributed by atoms with Crippen LogP contribution in [0.15, 0.2) is 71.9 Å². The van der Waals surface area contributed by atoms with Gasteiger partial charge in [-0.3, -0.25) is 14.9 Å². The number of para-hydroxylation sites is 1. The first-order valence-electron chi connectivity index (χ1n) is 8.84. The zero-order chi connectivity index (χ0) is 20.7. The first-order chi connectivity index (χ1) is 14.6. The van der Waals surface area contributed by atoms with E-state index in [0.29, 0.717) is 26.3 Å². The molecule has 5 rings (SSSR count). The molecule has 3 heterocycles. The third-order valence-electron chi connectivity index (χ3n) is 4.50. The highest BCUT2D eigenvalue weighted by Gasteiger charge is 2.15. The second-order valence-corrected chi connectivity index (χ2v) is 7.40. The van der Waals surface area contributed by atoms with Gasteiger partial charge in [-0.25, -0.2) is 9.67 Å². The summed E-state index contributed by atoms with van der Waals surface area (Å²) in [4.78, 5) is 27.9. The molecule has 5 aromatic rings. The van der Waals surface area contributed by atoms with Gasteiger partial charge in [0.1, 0.15) is 12.0 Å². The summed E-state index contributed by atoms with van der Waals surface area (Å²) in [6.07, 6.45) is 4.84. The normalized spacial score (nSPS) is 11.9.